The number of nitrogens with zero attached hydrogens (tertiary/aromatic N) is 3. The molecule has 1 atom stereocenters. The third-order valence-corrected chi connectivity index (χ3v) is 2.98. The first-order valence-electron chi connectivity index (χ1n) is 5.77. The molecule has 1 unspecified atom stereocenters. The molecule has 2 aromatic heterocycles. The van der Waals surface area contributed by atoms with Gasteiger partial charge in [0.25, 0.3) is 5.92 Å². The van der Waals surface area contributed by atoms with E-state index in [1.165, 1.54) is 0 Å². The van der Waals surface area contributed by atoms with Gasteiger partial charge in [-0.15, -0.1) is 22.6 Å². The van der Waals surface area contributed by atoms with Crippen molar-refractivity contribution in [2.24, 2.45) is 0 Å². The number of hydrogen-bond acceptors (Lipinski definition) is 4. The molecular weight excluding hydrogens is 292 g/mol. The highest BCUT2D eigenvalue weighted by Crippen LogP contribution is 2.25. The van der Waals surface area contributed by atoms with Gasteiger partial charge in [0.1, 0.15) is 0 Å². The highest BCUT2D eigenvalue weighted by molar-refractivity contribution is 5.94. The van der Waals surface area contributed by atoms with Crippen LogP contribution in [0.4, 0.5) is 14.7 Å². The van der Waals surface area contributed by atoms with E-state index in [2.05, 4.69) is 20.8 Å². The van der Waals surface area contributed by atoms with Gasteiger partial charge < -0.3 is 0 Å². The lowest BCUT2D eigenvalue weighted by molar-refractivity contribution is -0.118. The molecule has 2 N–H and O–H groups in total. The summed E-state index contributed by atoms with van der Waals surface area (Å²) in [5.74, 6) is -3.15. The second kappa shape index (κ2) is 5.29. The highest BCUT2D eigenvalue weighted by atomic mass is 35.5. The Hall–Kier alpha value is -1.80. The Balaban J connectivity index is 0.00000147. The van der Waals surface area contributed by atoms with Gasteiger partial charge in [0.05, 0.1) is 12.6 Å². The van der Waals surface area contributed by atoms with Gasteiger partial charge in [0.15, 0.2) is 5.65 Å². The summed E-state index contributed by atoms with van der Waals surface area (Å²) in [6.07, 6.45) is 1.18. The summed E-state index contributed by atoms with van der Waals surface area (Å²) in [5, 5.41) is 12.7. The Morgan fingerprint density at radius 1 is 1.45 bits per heavy atom. The Kier molecular flexibility index (Phi) is 3.87. The molecule has 0 aliphatic carbocycles. The van der Waals surface area contributed by atoms with E-state index in [1.54, 1.807) is 28.8 Å². The predicted octanol–water partition coefficient (Wildman–Crippen LogP) is 1.09. The van der Waals surface area contributed by atoms with Gasteiger partial charge in [-0.2, -0.15) is 0 Å². The van der Waals surface area contributed by atoms with Crippen LogP contribution in [-0.4, -0.2) is 39.0 Å². The second-order valence-corrected chi connectivity index (χ2v) is 4.44. The van der Waals surface area contributed by atoms with Gasteiger partial charge in [-0.25, -0.2) is 8.78 Å². The van der Waals surface area contributed by atoms with Crippen molar-refractivity contribution < 1.29 is 13.6 Å². The van der Waals surface area contributed by atoms with E-state index in [0.717, 1.165) is 0 Å². The number of nitrogens with one attached hydrogen (secondary N) is 2. The summed E-state index contributed by atoms with van der Waals surface area (Å²) < 4.78 is 27.6. The van der Waals surface area contributed by atoms with Gasteiger partial charge in [0, 0.05) is 12.6 Å². The molecule has 20 heavy (non-hydrogen) atoms. The minimum absolute atomic E-state index is 0. The first-order chi connectivity index (χ1) is 9.05. The van der Waals surface area contributed by atoms with Crippen LogP contribution in [0.1, 0.15) is 6.42 Å². The van der Waals surface area contributed by atoms with Crippen LogP contribution in [0.3, 0.4) is 0 Å². The molecule has 1 saturated heterocycles. The number of amides is 1. The normalized spacial score (nSPS) is 20.6. The molecule has 1 aliphatic rings. The van der Waals surface area contributed by atoms with Gasteiger partial charge in [-0.3, -0.25) is 19.8 Å². The van der Waals surface area contributed by atoms with E-state index in [0.29, 0.717) is 5.65 Å². The number of anilines is 1. The molecule has 0 spiro atoms. The Labute approximate surface area is 119 Å². The summed E-state index contributed by atoms with van der Waals surface area (Å²) in [6, 6.07) is 4.36. The topological polar surface area (TPSA) is 71.3 Å². The monoisotopic (exact) mass is 303 g/mol. The predicted molar refractivity (Wildman–Crippen MR) is 70.2 cm³/mol. The van der Waals surface area contributed by atoms with Crippen molar-refractivity contribution in [3.63, 3.8) is 0 Å². The van der Waals surface area contributed by atoms with E-state index in [-0.39, 0.29) is 18.4 Å². The zero-order chi connectivity index (χ0) is 13.5. The van der Waals surface area contributed by atoms with Crippen molar-refractivity contribution in [2.45, 2.75) is 18.4 Å². The molecule has 2 aromatic rings. The van der Waals surface area contributed by atoms with E-state index >= 15 is 0 Å². The summed E-state index contributed by atoms with van der Waals surface area (Å²) in [5.41, 5.74) is 0.572. The zero-order valence-electron chi connectivity index (χ0n) is 10.2. The zero-order valence-corrected chi connectivity index (χ0v) is 11.0. The van der Waals surface area contributed by atoms with Crippen LogP contribution >= 0.6 is 12.4 Å². The third-order valence-electron chi connectivity index (χ3n) is 2.98. The Morgan fingerprint density at radius 2 is 2.25 bits per heavy atom. The number of rotatable bonds is 2. The maximum absolute atomic E-state index is 13.0. The maximum atomic E-state index is 13.0. The number of carbonyl (C=O) groups is 1. The van der Waals surface area contributed by atoms with Crippen LogP contribution in [-0.2, 0) is 4.79 Å². The lowest BCUT2D eigenvalue weighted by Crippen LogP contribution is -2.36. The summed E-state index contributed by atoms with van der Waals surface area (Å²) >= 11 is 0. The first-order valence-corrected chi connectivity index (χ1v) is 5.77. The molecule has 0 aromatic carbocycles. The fourth-order valence-electron chi connectivity index (χ4n) is 2.02. The van der Waals surface area contributed by atoms with Crippen molar-refractivity contribution in [3.05, 3.63) is 24.4 Å². The molecule has 3 rings (SSSR count). The van der Waals surface area contributed by atoms with E-state index in [9.17, 15) is 13.6 Å². The van der Waals surface area contributed by atoms with E-state index < -0.39 is 30.8 Å². The Bertz CT molecular complexity index is 632. The Morgan fingerprint density at radius 3 is 2.95 bits per heavy atom. The summed E-state index contributed by atoms with van der Waals surface area (Å²) in [6.45, 7) is -0.480. The summed E-state index contributed by atoms with van der Waals surface area (Å²) in [7, 11) is 0. The van der Waals surface area contributed by atoms with Crippen LogP contribution in [0.15, 0.2) is 24.4 Å². The molecule has 6 nitrogen and oxygen atoms in total. The fraction of sp³-hybridized carbons (Fsp3) is 0.364. The molecule has 9 heteroatoms. The highest BCUT2D eigenvalue weighted by Gasteiger charge is 2.42. The molecule has 108 valence electrons. The number of halogens is 3. The SMILES string of the molecule is Cl.O=C(Nc1nnc2ccccn12)C1CC(F)(F)CN1. The standard InChI is InChI=1S/C11H11F2N5O.ClH/c12-11(13)5-7(14-6-11)9(19)15-10-17-16-8-3-1-2-4-18(8)10;/h1-4,7,14H,5-6H2,(H,15,17,19);1H. The van der Waals surface area contributed by atoms with Crippen molar-refractivity contribution in [2.75, 3.05) is 11.9 Å². The number of hydrogen-bond donors (Lipinski definition) is 2. The number of carbonyl (C=O) groups excluding carboxylic acids is 1. The lowest BCUT2D eigenvalue weighted by atomic mass is 10.2. The fourth-order valence-corrected chi connectivity index (χ4v) is 2.02. The minimum Gasteiger partial charge on any atom is -0.300 e. The van der Waals surface area contributed by atoms with Crippen LogP contribution < -0.4 is 10.6 Å². The van der Waals surface area contributed by atoms with Gasteiger partial charge in [-0.1, -0.05) is 6.07 Å². The third kappa shape index (κ3) is 2.70. The van der Waals surface area contributed by atoms with Crippen LogP contribution in [0, 0.1) is 0 Å². The van der Waals surface area contributed by atoms with E-state index in [4.69, 9.17) is 0 Å². The molecule has 1 aliphatic heterocycles. The van der Waals surface area contributed by atoms with Crippen LogP contribution in [0.2, 0.25) is 0 Å². The maximum Gasteiger partial charge on any atom is 0.262 e. The number of pyridine rings is 1. The second-order valence-electron chi connectivity index (χ2n) is 4.44. The van der Waals surface area contributed by atoms with Crippen molar-refractivity contribution in [3.8, 4) is 0 Å². The van der Waals surface area contributed by atoms with E-state index in [1.807, 2.05) is 0 Å². The molecule has 3 heterocycles. The molecular formula is C11H12ClF2N5O. The lowest BCUT2D eigenvalue weighted by Gasteiger charge is -2.09. The van der Waals surface area contributed by atoms with Gasteiger partial charge in [-0.05, 0) is 12.1 Å². The molecule has 0 bridgehead atoms. The number of alkyl halides is 2. The molecule has 1 amide bonds. The average molecular weight is 304 g/mol. The van der Waals surface area contributed by atoms with Gasteiger partial charge in [0.2, 0.25) is 11.9 Å². The number of aromatic nitrogens is 3. The quantitative estimate of drug-likeness (QED) is 0.871. The smallest absolute Gasteiger partial charge is 0.262 e. The number of fused-ring (bicyclic) bond motifs is 1. The van der Waals surface area contributed by atoms with Crippen molar-refractivity contribution in [1.82, 2.24) is 19.9 Å². The van der Waals surface area contributed by atoms with Crippen LogP contribution in [0.5, 0.6) is 0 Å². The molecule has 0 radical (unpaired) electrons. The minimum atomic E-state index is -2.84. The van der Waals surface area contributed by atoms with Crippen LogP contribution in [0.25, 0.3) is 5.65 Å². The first kappa shape index (κ1) is 14.6. The molecule has 0 saturated carbocycles. The summed E-state index contributed by atoms with van der Waals surface area (Å²) in [4.78, 5) is 11.9. The van der Waals surface area contributed by atoms with Crippen molar-refractivity contribution >= 4 is 29.9 Å². The van der Waals surface area contributed by atoms with Crippen molar-refractivity contribution in [1.29, 1.82) is 0 Å². The average Bonchev–Trinajstić information content (AvgIpc) is 2.94. The van der Waals surface area contributed by atoms with Gasteiger partial charge >= 0.3 is 0 Å². The largest absolute Gasteiger partial charge is 0.300 e. The molecule has 1 fully saturated rings.